The number of likely N-dealkylation sites (N-methyl/N-ethyl adjacent to an activating group) is 2. The molecule has 0 aromatic heterocycles. The number of nitrogens with one attached hydrogen (secondary N) is 1. The maximum atomic E-state index is 12.0. The molecule has 3 N–H and O–H groups in total. The Morgan fingerprint density at radius 3 is 2.95 bits per heavy atom. The third-order valence-electron chi connectivity index (χ3n) is 3.83. The molecule has 1 amide bonds. The van der Waals surface area contributed by atoms with Gasteiger partial charge in [0.25, 0.3) is 0 Å². The van der Waals surface area contributed by atoms with E-state index in [4.69, 9.17) is 5.73 Å². The Morgan fingerprint density at radius 2 is 2.20 bits per heavy atom. The van der Waals surface area contributed by atoms with Gasteiger partial charge in [-0.25, -0.2) is 0 Å². The van der Waals surface area contributed by atoms with E-state index in [1.807, 2.05) is 24.3 Å². The van der Waals surface area contributed by atoms with Crippen molar-refractivity contribution in [2.24, 2.45) is 0 Å². The van der Waals surface area contributed by atoms with Gasteiger partial charge in [0.1, 0.15) is 0 Å². The highest BCUT2D eigenvalue weighted by Crippen LogP contribution is 2.08. The second kappa shape index (κ2) is 6.72. The molecular formula is C15H24N4O. The van der Waals surface area contributed by atoms with E-state index in [0.29, 0.717) is 24.7 Å². The van der Waals surface area contributed by atoms with Crippen molar-refractivity contribution in [1.29, 1.82) is 0 Å². The smallest absolute Gasteiger partial charge is 0.224 e. The van der Waals surface area contributed by atoms with Crippen LogP contribution in [0.15, 0.2) is 24.3 Å². The minimum Gasteiger partial charge on any atom is -0.399 e. The number of hydrogen-bond acceptors (Lipinski definition) is 4. The van der Waals surface area contributed by atoms with Gasteiger partial charge in [0, 0.05) is 37.9 Å². The van der Waals surface area contributed by atoms with Crippen molar-refractivity contribution >= 4 is 11.6 Å². The molecule has 0 spiro atoms. The first-order chi connectivity index (χ1) is 9.54. The van der Waals surface area contributed by atoms with Crippen LogP contribution in [0.4, 0.5) is 5.69 Å². The Labute approximate surface area is 120 Å². The Kier molecular flexibility index (Phi) is 4.98. The van der Waals surface area contributed by atoms with Crippen molar-refractivity contribution in [3.63, 3.8) is 0 Å². The Bertz CT molecular complexity index is 463. The maximum Gasteiger partial charge on any atom is 0.224 e. The van der Waals surface area contributed by atoms with E-state index in [9.17, 15) is 4.79 Å². The van der Waals surface area contributed by atoms with Crippen LogP contribution in [0, 0.1) is 0 Å². The third-order valence-corrected chi connectivity index (χ3v) is 3.83. The lowest BCUT2D eigenvalue weighted by Crippen LogP contribution is -2.54. The van der Waals surface area contributed by atoms with Crippen molar-refractivity contribution < 1.29 is 4.79 Å². The van der Waals surface area contributed by atoms with Crippen LogP contribution in [0.1, 0.15) is 5.56 Å². The van der Waals surface area contributed by atoms with Crippen molar-refractivity contribution in [3.8, 4) is 0 Å². The van der Waals surface area contributed by atoms with Gasteiger partial charge in [0.15, 0.2) is 0 Å². The van der Waals surface area contributed by atoms with Crippen LogP contribution in [0.3, 0.4) is 0 Å². The summed E-state index contributed by atoms with van der Waals surface area (Å²) >= 11 is 0. The fraction of sp³-hybridized carbons (Fsp3) is 0.533. The minimum atomic E-state index is 0.0530. The number of nitrogens with two attached hydrogens (primary N) is 1. The second-order valence-electron chi connectivity index (χ2n) is 5.62. The number of nitrogen functional groups attached to an aromatic ring is 1. The SMILES string of the molecule is CN1CCN(C)C(CNC(=O)Cc2cccc(N)c2)C1. The van der Waals surface area contributed by atoms with Crippen LogP contribution in [0.2, 0.25) is 0 Å². The van der Waals surface area contributed by atoms with Gasteiger partial charge in [0.2, 0.25) is 5.91 Å². The summed E-state index contributed by atoms with van der Waals surface area (Å²) in [6, 6.07) is 7.87. The number of piperazine rings is 1. The number of amides is 1. The summed E-state index contributed by atoms with van der Waals surface area (Å²) in [5.74, 6) is 0.0530. The van der Waals surface area contributed by atoms with Crippen LogP contribution in [0.5, 0.6) is 0 Å². The first kappa shape index (κ1) is 14.8. The minimum absolute atomic E-state index is 0.0530. The summed E-state index contributed by atoms with van der Waals surface area (Å²) in [4.78, 5) is 16.6. The summed E-state index contributed by atoms with van der Waals surface area (Å²) in [5, 5.41) is 3.02. The predicted octanol–water partition coefficient (Wildman–Crippen LogP) is 0.173. The molecule has 1 aromatic carbocycles. The molecule has 1 unspecified atom stereocenters. The molecule has 1 heterocycles. The normalized spacial score (nSPS) is 20.8. The van der Waals surface area contributed by atoms with Crippen molar-refractivity contribution in [2.75, 3.05) is 46.0 Å². The summed E-state index contributed by atoms with van der Waals surface area (Å²) in [5.41, 5.74) is 7.37. The molecule has 1 fully saturated rings. The quantitative estimate of drug-likeness (QED) is 0.770. The van der Waals surface area contributed by atoms with Crippen LogP contribution < -0.4 is 11.1 Å². The first-order valence-corrected chi connectivity index (χ1v) is 7.04. The van der Waals surface area contributed by atoms with E-state index in [2.05, 4.69) is 29.2 Å². The Balaban J connectivity index is 1.80. The zero-order valence-electron chi connectivity index (χ0n) is 12.3. The number of nitrogens with zero attached hydrogens (tertiary/aromatic N) is 2. The Morgan fingerprint density at radius 1 is 1.40 bits per heavy atom. The molecule has 1 aromatic rings. The van der Waals surface area contributed by atoms with E-state index in [0.717, 1.165) is 25.2 Å². The standard InChI is InChI=1S/C15H24N4O/c1-18-6-7-19(2)14(11-18)10-17-15(20)9-12-4-3-5-13(16)8-12/h3-5,8,14H,6-7,9-11,16H2,1-2H3,(H,17,20). The zero-order chi connectivity index (χ0) is 14.5. The molecule has 1 atom stereocenters. The van der Waals surface area contributed by atoms with Crippen molar-refractivity contribution in [3.05, 3.63) is 29.8 Å². The molecule has 1 aliphatic heterocycles. The molecule has 1 saturated heterocycles. The second-order valence-corrected chi connectivity index (χ2v) is 5.62. The topological polar surface area (TPSA) is 61.6 Å². The van der Waals surface area contributed by atoms with Gasteiger partial charge in [-0.3, -0.25) is 9.69 Å². The maximum absolute atomic E-state index is 12.0. The molecule has 2 rings (SSSR count). The number of benzene rings is 1. The molecule has 5 nitrogen and oxygen atoms in total. The summed E-state index contributed by atoms with van der Waals surface area (Å²) in [7, 11) is 4.23. The molecule has 20 heavy (non-hydrogen) atoms. The van der Waals surface area contributed by atoms with Crippen LogP contribution >= 0.6 is 0 Å². The average molecular weight is 276 g/mol. The fourth-order valence-electron chi connectivity index (χ4n) is 2.50. The number of carbonyl (C=O) groups is 1. The fourth-order valence-corrected chi connectivity index (χ4v) is 2.50. The summed E-state index contributed by atoms with van der Waals surface area (Å²) < 4.78 is 0. The monoisotopic (exact) mass is 276 g/mol. The lowest BCUT2D eigenvalue weighted by molar-refractivity contribution is -0.120. The lowest BCUT2D eigenvalue weighted by Gasteiger charge is -2.37. The van der Waals surface area contributed by atoms with Gasteiger partial charge in [-0.05, 0) is 31.8 Å². The molecule has 0 aliphatic carbocycles. The number of rotatable bonds is 4. The molecule has 5 heteroatoms. The van der Waals surface area contributed by atoms with Gasteiger partial charge < -0.3 is 16.0 Å². The average Bonchev–Trinajstić information content (AvgIpc) is 2.40. The van der Waals surface area contributed by atoms with Crippen molar-refractivity contribution in [1.82, 2.24) is 15.1 Å². The summed E-state index contributed by atoms with van der Waals surface area (Å²) in [6.07, 6.45) is 0.386. The largest absolute Gasteiger partial charge is 0.399 e. The highest BCUT2D eigenvalue weighted by molar-refractivity contribution is 5.78. The van der Waals surface area contributed by atoms with E-state index in [1.165, 1.54) is 0 Å². The van der Waals surface area contributed by atoms with Crippen molar-refractivity contribution in [2.45, 2.75) is 12.5 Å². The Hall–Kier alpha value is -1.59. The van der Waals surface area contributed by atoms with E-state index in [1.54, 1.807) is 0 Å². The molecule has 0 bridgehead atoms. The van der Waals surface area contributed by atoms with E-state index < -0.39 is 0 Å². The molecule has 110 valence electrons. The molecule has 1 aliphatic rings. The highest BCUT2D eigenvalue weighted by Gasteiger charge is 2.22. The van der Waals surface area contributed by atoms with Gasteiger partial charge in [-0.2, -0.15) is 0 Å². The zero-order valence-corrected chi connectivity index (χ0v) is 12.3. The van der Waals surface area contributed by atoms with Crippen LogP contribution in [0.25, 0.3) is 0 Å². The molecule has 0 saturated carbocycles. The van der Waals surface area contributed by atoms with Gasteiger partial charge >= 0.3 is 0 Å². The van der Waals surface area contributed by atoms with Crippen LogP contribution in [-0.4, -0.2) is 62.0 Å². The third kappa shape index (κ3) is 4.21. The highest BCUT2D eigenvalue weighted by atomic mass is 16.1. The molecular weight excluding hydrogens is 252 g/mol. The summed E-state index contributed by atoms with van der Waals surface area (Å²) in [6.45, 7) is 3.83. The lowest BCUT2D eigenvalue weighted by atomic mass is 10.1. The van der Waals surface area contributed by atoms with Gasteiger partial charge in [-0.15, -0.1) is 0 Å². The first-order valence-electron chi connectivity index (χ1n) is 7.04. The number of hydrogen-bond donors (Lipinski definition) is 2. The van der Waals surface area contributed by atoms with Crippen LogP contribution in [-0.2, 0) is 11.2 Å². The van der Waals surface area contributed by atoms with E-state index >= 15 is 0 Å². The molecule has 0 radical (unpaired) electrons. The van der Waals surface area contributed by atoms with E-state index in [-0.39, 0.29) is 5.91 Å². The predicted molar refractivity (Wildman–Crippen MR) is 81.5 cm³/mol. The number of anilines is 1. The number of carbonyl (C=O) groups excluding carboxylic acids is 1. The van der Waals surface area contributed by atoms with Gasteiger partial charge in [-0.1, -0.05) is 12.1 Å². The van der Waals surface area contributed by atoms with Gasteiger partial charge in [0.05, 0.1) is 6.42 Å².